The first-order chi connectivity index (χ1) is 11.4. The van der Waals surface area contributed by atoms with Gasteiger partial charge in [0.2, 0.25) is 0 Å². The summed E-state index contributed by atoms with van der Waals surface area (Å²) in [6.45, 7) is 6.63. The van der Waals surface area contributed by atoms with E-state index in [1.807, 2.05) is 48.5 Å². The number of hydrogen-bond acceptors (Lipinski definition) is 4. The van der Waals surface area contributed by atoms with Crippen molar-refractivity contribution in [2.45, 2.75) is 32.4 Å². The molecule has 1 unspecified atom stereocenters. The fraction of sp³-hybridized carbons (Fsp3) is 0.316. The minimum absolute atomic E-state index is 0.437. The molecule has 0 aliphatic heterocycles. The molecule has 2 rings (SSSR count). The Kier molecular flexibility index (Phi) is 6.02. The van der Waals surface area contributed by atoms with Gasteiger partial charge in [-0.15, -0.1) is 0 Å². The Bertz CT molecular complexity index is 705. The molecule has 0 aromatic heterocycles. The first-order valence-corrected chi connectivity index (χ1v) is 11.3. The van der Waals surface area contributed by atoms with Crippen molar-refractivity contribution in [2.75, 3.05) is 7.11 Å². The molecule has 126 valence electrons. The summed E-state index contributed by atoms with van der Waals surface area (Å²) in [5.74, 6) is 1.25. The second kappa shape index (κ2) is 8.00. The molecule has 0 bridgehead atoms. The zero-order valence-corrected chi connectivity index (χ0v) is 15.6. The average Bonchev–Trinajstić information content (AvgIpc) is 2.57. The van der Waals surface area contributed by atoms with Gasteiger partial charge >= 0.3 is 0 Å². The molecule has 0 aliphatic carbocycles. The second-order valence-electron chi connectivity index (χ2n) is 6.42. The van der Waals surface area contributed by atoms with Crippen LogP contribution in [0.1, 0.15) is 17.2 Å². The zero-order valence-electron chi connectivity index (χ0n) is 14.6. The number of methoxy groups -OCH3 is 1. The molecule has 2 aromatic carbocycles. The summed E-state index contributed by atoms with van der Waals surface area (Å²) in [6, 6.07) is 17.6. The van der Waals surface area contributed by atoms with E-state index in [9.17, 15) is 5.26 Å². The Morgan fingerprint density at radius 2 is 1.75 bits per heavy atom. The molecular formula is C19H23NO3Si. The molecule has 0 heterocycles. The van der Waals surface area contributed by atoms with E-state index < -0.39 is 14.4 Å². The Hall–Kier alpha value is -2.29. The first-order valence-electron chi connectivity index (χ1n) is 7.85. The maximum atomic E-state index is 9.44. The summed E-state index contributed by atoms with van der Waals surface area (Å²) < 4.78 is 17.2. The number of ether oxygens (including phenoxy) is 2. The van der Waals surface area contributed by atoms with Gasteiger partial charge in [0.15, 0.2) is 25.9 Å². The SMILES string of the molecule is COc1ccc(C(C#N)O[Si](C)(C)C)cc1OCc1ccccc1. The number of nitriles is 1. The fourth-order valence-corrected chi connectivity index (χ4v) is 3.12. The predicted octanol–water partition coefficient (Wildman–Crippen LogP) is 4.69. The molecule has 0 saturated heterocycles. The van der Waals surface area contributed by atoms with Crippen LogP contribution in [-0.2, 0) is 11.0 Å². The molecule has 0 spiro atoms. The van der Waals surface area contributed by atoms with Crippen molar-refractivity contribution >= 4 is 8.32 Å². The van der Waals surface area contributed by atoms with Crippen LogP contribution in [0.15, 0.2) is 48.5 Å². The van der Waals surface area contributed by atoms with Gasteiger partial charge in [0.25, 0.3) is 0 Å². The lowest BCUT2D eigenvalue weighted by molar-refractivity contribution is 0.251. The highest BCUT2D eigenvalue weighted by molar-refractivity contribution is 6.69. The topological polar surface area (TPSA) is 51.5 Å². The minimum Gasteiger partial charge on any atom is -0.493 e. The highest BCUT2D eigenvalue weighted by Gasteiger charge is 2.23. The van der Waals surface area contributed by atoms with Gasteiger partial charge in [-0.05, 0) is 42.9 Å². The van der Waals surface area contributed by atoms with Crippen molar-refractivity contribution in [3.8, 4) is 17.6 Å². The summed E-state index contributed by atoms with van der Waals surface area (Å²) in [5, 5.41) is 9.44. The van der Waals surface area contributed by atoms with Crippen molar-refractivity contribution in [1.29, 1.82) is 5.26 Å². The second-order valence-corrected chi connectivity index (χ2v) is 10.9. The molecule has 0 radical (unpaired) electrons. The summed E-state index contributed by atoms with van der Waals surface area (Å²) in [7, 11) is -0.227. The molecule has 0 N–H and O–H groups in total. The van der Waals surface area contributed by atoms with Crippen LogP contribution in [0.3, 0.4) is 0 Å². The lowest BCUT2D eigenvalue weighted by atomic mass is 10.1. The molecule has 0 fully saturated rings. The van der Waals surface area contributed by atoms with Crippen molar-refractivity contribution < 1.29 is 13.9 Å². The van der Waals surface area contributed by atoms with Crippen LogP contribution in [0.25, 0.3) is 0 Å². The lowest BCUT2D eigenvalue weighted by Crippen LogP contribution is -2.27. The van der Waals surface area contributed by atoms with Crippen molar-refractivity contribution in [2.24, 2.45) is 0 Å². The quantitative estimate of drug-likeness (QED) is 0.686. The van der Waals surface area contributed by atoms with Crippen LogP contribution in [0.2, 0.25) is 19.6 Å². The number of benzene rings is 2. The largest absolute Gasteiger partial charge is 0.493 e. The summed E-state index contributed by atoms with van der Waals surface area (Å²) >= 11 is 0. The number of hydrogen-bond donors (Lipinski definition) is 0. The van der Waals surface area contributed by atoms with Crippen LogP contribution in [-0.4, -0.2) is 15.4 Å². The Morgan fingerprint density at radius 1 is 1.04 bits per heavy atom. The van der Waals surface area contributed by atoms with Crippen molar-refractivity contribution in [1.82, 2.24) is 0 Å². The number of rotatable bonds is 7. The molecule has 2 aromatic rings. The van der Waals surface area contributed by atoms with E-state index in [0.717, 1.165) is 11.1 Å². The van der Waals surface area contributed by atoms with Gasteiger partial charge in [0.1, 0.15) is 6.61 Å². The number of nitrogens with zero attached hydrogens (tertiary/aromatic N) is 1. The maximum Gasteiger partial charge on any atom is 0.186 e. The molecule has 4 nitrogen and oxygen atoms in total. The van der Waals surface area contributed by atoms with Gasteiger partial charge in [0, 0.05) is 0 Å². The maximum absolute atomic E-state index is 9.44. The molecule has 1 atom stereocenters. The summed E-state index contributed by atoms with van der Waals surface area (Å²) in [5.41, 5.74) is 1.85. The van der Waals surface area contributed by atoms with Gasteiger partial charge in [-0.1, -0.05) is 36.4 Å². The van der Waals surface area contributed by atoms with Crippen LogP contribution in [0, 0.1) is 11.3 Å². The molecule has 5 heteroatoms. The highest BCUT2D eigenvalue weighted by atomic mass is 28.4. The van der Waals surface area contributed by atoms with E-state index in [2.05, 4.69) is 25.7 Å². The molecule has 0 amide bonds. The van der Waals surface area contributed by atoms with Crippen molar-refractivity contribution in [3.05, 3.63) is 59.7 Å². The van der Waals surface area contributed by atoms with Crippen LogP contribution in [0.4, 0.5) is 0 Å². The summed E-state index contributed by atoms with van der Waals surface area (Å²) in [4.78, 5) is 0. The van der Waals surface area contributed by atoms with E-state index in [0.29, 0.717) is 18.1 Å². The van der Waals surface area contributed by atoms with Gasteiger partial charge in [-0.3, -0.25) is 0 Å². The smallest absolute Gasteiger partial charge is 0.186 e. The van der Waals surface area contributed by atoms with Crippen LogP contribution < -0.4 is 9.47 Å². The van der Waals surface area contributed by atoms with Crippen LogP contribution in [0.5, 0.6) is 11.5 Å². The normalized spacial score (nSPS) is 12.3. The van der Waals surface area contributed by atoms with E-state index in [1.54, 1.807) is 7.11 Å². The van der Waals surface area contributed by atoms with Crippen LogP contribution >= 0.6 is 0 Å². The first kappa shape index (κ1) is 18.1. The molecular weight excluding hydrogens is 318 g/mol. The van der Waals surface area contributed by atoms with Gasteiger partial charge < -0.3 is 13.9 Å². The highest BCUT2D eigenvalue weighted by Crippen LogP contribution is 2.32. The molecule has 24 heavy (non-hydrogen) atoms. The Balaban J connectivity index is 2.22. The third-order valence-electron chi connectivity index (χ3n) is 3.32. The zero-order chi connectivity index (χ0) is 17.6. The van der Waals surface area contributed by atoms with E-state index in [-0.39, 0.29) is 0 Å². The van der Waals surface area contributed by atoms with Gasteiger partial charge in [-0.2, -0.15) is 5.26 Å². The van der Waals surface area contributed by atoms with Gasteiger partial charge in [0.05, 0.1) is 13.2 Å². The molecule has 0 saturated carbocycles. The van der Waals surface area contributed by atoms with E-state index in [4.69, 9.17) is 13.9 Å². The van der Waals surface area contributed by atoms with E-state index >= 15 is 0 Å². The predicted molar refractivity (Wildman–Crippen MR) is 96.6 cm³/mol. The van der Waals surface area contributed by atoms with E-state index in [1.165, 1.54) is 0 Å². The lowest BCUT2D eigenvalue weighted by Gasteiger charge is -2.22. The van der Waals surface area contributed by atoms with Crippen molar-refractivity contribution in [3.63, 3.8) is 0 Å². The Labute approximate surface area is 144 Å². The third-order valence-corrected chi connectivity index (χ3v) is 4.26. The monoisotopic (exact) mass is 341 g/mol. The third kappa shape index (κ3) is 5.12. The molecule has 0 aliphatic rings. The average molecular weight is 341 g/mol. The van der Waals surface area contributed by atoms with Gasteiger partial charge in [-0.25, -0.2) is 0 Å². The fourth-order valence-electron chi connectivity index (χ4n) is 2.23. The summed E-state index contributed by atoms with van der Waals surface area (Å²) in [6.07, 6.45) is -0.596. The Morgan fingerprint density at radius 3 is 2.33 bits per heavy atom. The minimum atomic E-state index is -1.83. The standard InChI is InChI=1S/C19H23NO3Si/c1-21-17-11-10-16(19(13-20)23-24(2,3)4)12-18(17)22-14-15-8-6-5-7-9-15/h5-12,19H,14H2,1-4H3.